The Bertz CT molecular complexity index is 672. The molecule has 9 heteroatoms. The van der Waals surface area contributed by atoms with Crippen LogP contribution in [0, 0.1) is 10.1 Å². The first kappa shape index (κ1) is 11.5. The van der Waals surface area contributed by atoms with Gasteiger partial charge in [-0.2, -0.15) is 0 Å². The van der Waals surface area contributed by atoms with Crippen LogP contribution in [0.5, 0.6) is 0 Å². The summed E-state index contributed by atoms with van der Waals surface area (Å²) >= 11 is 0. The lowest BCUT2D eigenvalue weighted by molar-refractivity contribution is -0.402. The second-order valence-electron chi connectivity index (χ2n) is 3.19. The van der Waals surface area contributed by atoms with Crippen LogP contribution in [0.2, 0.25) is 0 Å². The zero-order valence-corrected chi connectivity index (χ0v) is 8.86. The predicted octanol–water partition coefficient (Wildman–Crippen LogP) is 0.419. The standard InChI is InChI=1S/C9H7N5O4/c10-9-11-8(15)6(12-13-9)3-1-5-2-4-7(18-5)14(16)17/h1-4H,(H3,10,11,13,15)/b3-1+. The minimum absolute atomic E-state index is 0.0169. The van der Waals surface area contributed by atoms with E-state index < -0.39 is 10.5 Å². The molecule has 0 atom stereocenters. The highest BCUT2D eigenvalue weighted by molar-refractivity contribution is 5.65. The number of furan rings is 1. The topological polar surface area (TPSA) is 141 Å². The minimum atomic E-state index is -0.660. The quantitative estimate of drug-likeness (QED) is 0.592. The van der Waals surface area contributed by atoms with Gasteiger partial charge >= 0.3 is 5.88 Å². The Balaban J connectivity index is 2.24. The van der Waals surface area contributed by atoms with Crippen molar-refractivity contribution in [3.05, 3.63) is 44.1 Å². The molecule has 0 saturated heterocycles. The first-order valence-electron chi connectivity index (χ1n) is 4.71. The summed E-state index contributed by atoms with van der Waals surface area (Å²) in [7, 11) is 0. The van der Waals surface area contributed by atoms with Crippen molar-refractivity contribution in [1.29, 1.82) is 0 Å². The van der Waals surface area contributed by atoms with Crippen molar-refractivity contribution < 1.29 is 9.34 Å². The Morgan fingerprint density at radius 1 is 1.39 bits per heavy atom. The molecule has 0 unspecified atom stereocenters. The van der Waals surface area contributed by atoms with Crippen LogP contribution in [0.25, 0.3) is 12.2 Å². The van der Waals surface area contributed by atoms with Gasteiger partial charge in [0.05, 0.1) is 6.07 Å². The van der Waals surface area contributed by atoms with Gasteiger partial charge < -0.3 is 10.2 Å². The van der Waals surface area contributed by atoms with Gasteiger partial charge in [-0.3, -0.25) is 19.9 Å². The molecule has 0 aliphatic rings. The van der Waals surface area contributed by atoms with Crippen molar-refractivity contribution in [2.75, 3.05) is 5.73 Å². The molecule has 0 radical (unpaired) electrons. The van der Waals surface area contributed by atoms with Gasteiger partial charge in [-0.15, -0.1) is 10.2 Å². The summed E-state index contributed by atoms with van der Waals surface area (Å²) in [6, 6.07) is 2.60. The molecular weight excluding hydrogens is 242 g/mol. The summed E-state index contributed by atoms with van der Waals surface area (Å²) in [5.41, 5.74) is 4.73. The summed E-state index contributed by atoms with van der Waals surface area (Å²) in [6.45, 7) is 0. The maximum absolute atomic E-state index is 11.3. The Morgan fingerprint density at radius 2 is 2.17 bits per heavy atom. The zero-order valence-electron chi connectivity index (χ0n) is 8.86. The molecule has 0 aliphatic carbocycles. The van der Waals surface area contributed by atoms with Gasteiger partial charge in [0.1, 0.15) is 10.7 Å². The summed E-state index contributed by atoms with van der Waals surface area (Å²) < 4.78 is 4.86. The van der Waals surface area contributed by atoms with E-state index in [1.54, 1.807) is 0 Å². The zero-order chi connectivity index (χ0) is 13.1. The van der Waals surface area contributed by atoms with E-state index in [2.05, 4.69) is 15.2 Å². The minimum Gasteiger partial charge on any atom is -0.401 e. The number of hydrogen-bond donors (Lipinski definition) is 2. The number of nitrogens with one attached hydrogen (secondary N) is 1. The lowest BCUT2D eigenvalue weighted by Gasteiger charge is -1.91. The molecule has 2 aromatic heterocycles. The highest BCUT2D eigenvalue weighted by Crippen LogP contribution is 2.16. The number of aromatic amines is 1. The summed E-state index contributed by atoms with van der Waals surface area (Å²) in [5, 5.41) is 17.4. The molecule has 0 amide bonds. The van der Waals surface area contributed by atoms with Gasteiger partial charge in [-0.1, -0.05) is 0 Å². The molecule has 0 fully saturated rings. The molecule has 2 heterocycles. The summed E-state index contributed by atoms with van der Waals surface area (Å²) in [5.74, 6) is -0.252. The van der Waals surface area contributed by atoms with E-state index in [-0.39, 0.29) is 23.3 Å². The molecular formula is C9H7N5O4. The highest BCUT2D eigenvalue weighted by atomic mass is 16.6. The second-order valence-corrected chi connectivity index (χ2v) is 3.19. The number of nitrogens with zero attached hydrogens (tertiary/aromatic N) is 3. The molecule has 2 aromatic rings. The maximum Gasteiger partial charge on any atom is 0.433 e. The smallest absolute Gasteiger partial charge is 0.401 e. The Hall–Kier alpha value is -2.97. The highest BCUT2D eigenvalue weighted by Gasteiger charge is 2.10. The average molecular weight is 249 g/mol. The van der Waals surface area contributed by atoms with Crippen molar-refractivity contribution in [2.45, 2.75) is 0 Å². The van der Waals surface area contributed by atoms with E-state index in [9.17, 15) is 14.9 Å². The van der Waals surface area contributed by atoms with Crippen molar-refractivity contribution in [3.8, 4) is 0 Å². The van der Waals surface area contributed by atoms with Gasteiger partial charge in [-0.05, 0) is 18.2 Å². The number of nitro groups is 1. The third kappa shape index (κ3) is 2.40. The SMILES string of the molecule is Nc1nnc(/C=C/c2ccc([N+](=O)[O-])o2)c(=O)[nH]1. The summed E-state index contributed by atoms with van der Waals surface area (Å²) in [4.78, 5) is 23.3. The van der Waals surface area contributed by atoms with E-state index in [1.165, 1.54) is 24.3 Å². The normalized spacial score (nSPS) is 10.9. The van der Waals surface area contributed by atoms with Gasteiger partial charge in [-0.25, -0.2) is 0 Å². The number of nitrogens with two attached hydrogens (primary N) is 1. The number of nitrogen functional groups attached to an aromatic ring is 1. The lowest BCUT2D eigenvalue weighted by atomic mass is 10.3. The third-order valence-electron chi connectivity index (χ3n) is 1.94. The fraction of sp³-hybridized carbons (Fsp3) is 0. The Kier molecular flexibility index (Phi) is 2.87. The number of aromatic nitrogens is 3. The van der Waals surface area contributed by atoms with Crippen molar-refractivity contribution >= 4 is 24.0 Å². The van der Waals surface area contributed by atoms with Crippen LogP contribution in [0.15, 0.2) is 21.3 Å². The van der Waals surface area contributed by atoms with Crippen molar-refractivity contribution in [1.82, 2.24) is 15.2 Å². The van der Waals surface area contributed by atoms with Crippen LogP contribution in [0.3, 0.4) is 0 Å². The molecule has 0 bridgehead atoms. The van der Waals surface area contributed by atoms with Crippen molar-refractivity contribution in [2.24, 2.45) is 0 Å². The first-order valence-corrected chi connectivity index (χ1v) is 4.71. The number of H-pyrrole nitrogens is 1. The average Bonchev–Trinajstić information content (AvgIpc) is 2.76. The largest absolute Gasteiger partial charge is 0.433 e. The van der Waals surface area contributed by atoms with Gasteiger partial charge in [0, 0.05) is 0 Å². The van der Waals surface area contributed by atoms with Crippen LogP contribution in [0.1, 0.15) is 11.5 Å². The van der Waals surface area contributed by atoms with Crippen LogP contribution in [-0.2, 0) is 0 Å². The van der Waals surface area contributed by atoms with E-state index in [0.29, 0.717) is 0 Å². The van der Waals surface area contributed by atoms with Crippen LogP contribution < -0.4 is 11.3 Å². The lowest BCUT2D eigenvalue weighted by Crippen LogP contribution is -2.15. The molecule has 0 spiro atoms. The number of anilines is 1. The number of hydrogen-bond acceptors (Lipinski definition) is 7. The van der Waals surface area contributed by atoms with Crippen LogP contribution >= 0.6 is 0 Å². The molecule has 3 N–H and O–H groups in total. The first-order chi connectivity index (χ1) is 8.56. The second kappa shape index (κ2) is 4.49. The van der Waals surface area contributed by atoms with Crippen LogP contribution in [-0.4, -0.2) is 20.1 Å². The van der Waals surface area contributed by atoms with E-state index >= 15 is 0 Å². The molecule has 2 rings (SSSR count). The van der Waals surface area contributed by atoms with E-state index in [4.69, 9.17) is 10.2 Å². The predicted molar refractivity (Wildman–Crippen MR) is 61.4 cm³/mol. The molecule has 0 aliphatic heterocycles. The number of rotatable bonds is 3. The van der Waals surface area contributed by atoms with Crippen molar-refractivity contribution in [3.63, 3.8) is 0 Å². The Labute approximate surface area is 99.1 Å². The van der Waals surface area contributed by atoms with Gasteiger partial charge in [0.25, 0.3) is 5.56 Å². The molecule has 0 saturated carbocycles. The van der Waals surface area contributed by atoms with Crippen LogP contribution in [0.4, 0.5) is 11.8 Å². The third-order valence-corrected chi connectivity index (χ3v) is 1.94. The monoisotopic (exact) mass is 249 g/mol. The molecule has 92 valence electrons. The molecule has 18 heavy (non-hydrogen) atoms. The van der Waals surface area contributed by atoms with E-state index in [1.807, 2.05) is 0 Å². The molecule has 0 aromatic carbocycles. The summed E-state index contributed by atoms with van der Waals surface area (Å²) in [6.07, 6.45) is 2.68. The fourth-order valence-electron chi connectivity index (χ4n) is 1.16. The van der Waals surface area contributed by atoms with Gasteiger partial charge in [0.15, 0.2) is 5.69 Å². The molecule has 9 nitrogen and oxygen atoms in total. The van der Waals surface area contributed by atoms with Gasteiger partial charge in [0.2, 0.25) is 5.95 Å². The van der Waals surface area contributed by atoms with E-state index in [0.717, 1.165) is 0 Å². The fourth-order valence-corrected chi connectivity index (χ4v) is 1.16. The maximum atomic E-state index is 11.3. The Morgan fingerprint density at radius 3 is 2.78 bits per heavy atom.